The van der Waals surface area contributed by atoms with Crippen molar-refractivity contribution in [2.75, 3.05) is 20.1 Å². The number of aliphatic imine (C=N–C) groups is 1. The third-order valence-electron chi connectivity index (χ3n) is 3.68. The van der Waals surface area contributed by atoms with Gasteiger partial charge in [0.1, 0.15) is 4.90 Å². The highest BCUT2D eigenvalue weighted by Crippen LogP contribution is 2.04. The summed E-state index contributed by atoms with van der Waals surface area (Å²) in [5, 5.41) is 14.4. The van der Waals surface area contributed by atoms with Crippen molar-refractivity contribution in [2.45, 2.75) is 11.4 Å². The van der Waals surface area contributed by atoms with E-state index < -0.39 is 10.0 Å². The molecule has 0 aliphatic rings. The van der Waals surface area contributed by atoms with Gasteiger partial charge in [-0.05, 0) is 24.3 Å². The van der Waals surface area contributed by atoms with Gasteiger partial charge in [0.25, 0.3) is 0 Å². The molecule has 0 radical (unpaired) electrons. The summed E-state index contributed by atoms with van der Waals surface area (Å²) < 4.78 is 28.6. The lowest BCUT2D eigenvalue weighted by molar-refractivity contribution is 0.580. The van der Waals surface area contributed by atoms with Crippen LogP contribution in [0.1, 0.15) is 5.82 Å². The van der Waals surface area contributed by atoms with E-state index in [1.54, 1.807) is 13.1 Å². The first kappa shape index (κ1) is 18.7. The van der Waals surface area contributed by atoms with E-state index in [0.717, 1.165) is 11.5 Å². The van der Waals surface area contributed by atoms with Gasteiger partial charge >= 0.3 is 0 Å². The molecule has 10 nitrogen and oxygen atoms in total. The Hall–Kier alpha value is -3.05. The number of nitrogens with zero attached hydrogens (tertiary/aromatic N) is 5. The number of hydrogen-bond donors (Lipinski definition) is 3. The lowest BCUT2D eigenvalue weighted by Gasteiger charge is -2.12. The zero-order valence-corrected chi connectivity index (χ0v) is 15.5. The lowest BCUT2D eigenvalue weighted by Crippen LogP contribution is -2.41. The normalized spacial score (nSPS) is 12.3. The van der Waals surface area contributed by atoms with E-state index in [2.05, 4.69) is 35.5 Å². The number of fused-ring (bicyclic) bond motifs is 1. The summed E-state index contributed by atoms with van der Waals surface area (Å²) in [4.78, 5) is 8.05. The molecule has 3 aromatic heterocycles. The highest BCUT2D eigenvalue weighted by atomic mass is 32.2. The van der Waals surface area contributed by atoms with Gasteiger partial charge in [-0.3, -0.25) is 14.4 Å². The van der Waals surface area contributed by atoms with Crippen LogP contribution in [0.4, 0.5) is 0 Å². The summed E-state index contributed by atoms with van der Waals surface area (Å²) in [5.41, 5.74) is 0.766. The molecule has 0 aromatic carbocycles. The second kappa shape index (κ2) is 8.56. The molecule has 0 amide bonds. The maximum absolute atomic E-state index is 12.1. The Bertz CT molecular complexity index is 1020. The van der Waals surface area contributed by atoms with Gasteiger partial charge in [-0.1, -0.05) is 6.07 Å². The van der Waals surface area contributed by atoms with Crippen molar-refractivity contribution in [1.29, 1.82) is 0 Å². The van der Waals surface area contributed by atoms with Gasteiger partial charge in [-0.25, -0.2) is 13.1 Å². The Balaban J connectivity index is 1.47. The Kier molecular flexibility index (Phi) is 5.94. The topological polar surface area (TPSA) is 126 Å². The molecule has 0 aliphatic carbocycles. The predicted octanol–water partition coefficient (Wildman–Crippen LogP) is -0.232. The first-order valence-electron chi connectivity index (χ1n) is 8.23. The van der Waals surface area contributed by atoms with Gasteiger partial charge in [0.15, 0.2) is 17.4 Å². The minimum atomic E-state index is -3.57. The number of hydrogen-bond acceptors (Lipinski definition) is 6. The van der Waals surface area contributed by atoms with E-state index in [1.807, 2.05) is 28.8 Å². The van der Waals surface area contributed by atoms with Crippen LogP contribution in [0.3, 0.4) is 0 Å². The molecular formula is C16H20N8O2S. The van der Waals surface area contributed by atoms with Gasteiger partial charge in [0.05, 0.1) is 6.54 Å². The zero-order valence-electron chi connectivity index (χ0n) is 14.7. The van der Waals surface area contributed by atoms with Crippen LogP contribution in [0.25, 0.3) is 5.65 Å². The van der Waals surface area contributed by atoms with E-state index in [9.17, 15) is 8.42 Å². The van der Waals surface area contributed by atoms with Crippen LogP contribution in [0, 0.1) is 0 Å². The number of guanidine groups is 1. The third kappa shape index (κ3) is 4.77. The molecule has 3 heterocycles. The van der Waals surface area contributed by atoms with Crippen LogP contribution in [0.5, 0.6) is 0 Å². The maximum atomic E-state index is 12.1. The SMILES string of the molecule is CN=C(NCCNS(=O)(=O)c1cccnc1)NCc1nnc2ccccn12. The van der Waals surface area contributed by atoms with Crippen molar-refractivity contribution < 1.29 is 8.42 Å². The fourth-order valence-corrected chi connectivity index (χ4v) is 3.35. The molecule has 0 bridgehead atoms. The maximum Gasteiger partial charge on any atom is 0.242 e. The first-order chi connectivity index (χ1) is 13.1. The summed E-state index contributed by atoms with van der Waals surface area (Å²) in [6.45, 7) is 0.984. The minimum absolute atomic E-state index is 0.131. The average Bonchev–Trinajstić information content (AvgIpc) is 3.11. The summed E-state index contributed by atoms with van der Waals surface area (Å²) in [5.74, 6) is 1.27. The molecule has 3 rings (SSSR count). The molecule has 0 fully saturated rings. The molecule has 0 unspecified atom stereocenters. The van der Waals surface area contributed by atoms with Crippen LogP contribution in [0.15, 0.2) is 58.8 Å². The number of aromatic nitrogens is 4. The summed E-state index contributed by atoms with van der Waals surface area (Å²) in [7, 11) is -1.94. The van der Waals surface area contributed by atoms with Crippen molar-refractivity contribution in [3.05, 3.63) is 54.7 Å². The molecule has 3 aromatic rings. The van der Waals surface area contributed by atoms with Gasteiger partial charge in [-0.2, -0.15) is 0 Å². The molecule has 3 N–H and O–H groups in total. The average molecular weight is 388 g/mol. The molecule has 0 saturated heterocycles. The summed E-state index contributed by atoms with van der Waals surface area (Å²) >= 11 is 0. The van der Waals surface area contributed by atoms with E-state index in [4.69, 9.17) is 0 Å². The largest absolute Gasteiger partial charge is 0.355 e. The molecule has 0 spiro atoms. The number of nitrogens with one attached hydrogen (secondary N) is 3. The Morgan fingerprint density at radius 3 is 2.81 bits per heavy atom. The Labute approximate surface area is 156 Å². The fraction of sp³-hybridized carbons (Fsp3) is 0.250. The zero-order chi connectivity index (χ0) is 19.1. The monoisotopic (exact) mass is 388 g/mol. The lowest BCUT2D eigenvalue weighted by atomic mass is 10.4. The highest BCUT2D eigenvalue weighted by Gasteiger charge is 2.13. The second-order valence-corrected chi connectivity index (χ2v) is 7.25. The summed E-state index contributed by atoms with van der Waals surface area (Å²) in [6, 6.07) is 8.74. The number of pyridine rings is 2. The van der Waals surface area contributed by atoms with Crippen molar-refractivity contribution >= 4 is 21.6 Å². The third-order valence-corrected chi connectivity index (χ3v) is 5.12. The standard InChI is InChI=1S/C16H20N8O2S/c1-17-16(20-12-15-23-22-14-6-2-3-10-24(14)15)19-8-9-21-27(25,26)13-5-4-7-18-11-13/h2-7,10-11,21H,8-9,12H2,1H3,(H2,17,19,20). The van der Waals surface area contributed by atoms with Gasteiger partial charge in [0, 0.05) is 38.7 Å². The van der Waals surface area contributed by atoms with Gasteiger partial charge < -0.3 is 10.6 Å². The van der Waals surface area contributed by atoms with Gasteiger partial charge in [-0.15, -0.1) is 10.2 Å². The second-order valence-electron chi connectivity index (χ2n) is 5.48. The van der Waals surface area contributed by atoms with E-state index in [1.165, 1.54) is 18.5 Å². The van der Waals surface area contributed by atoms with Crippen molar-refractivity contribution in [1.82, 2.24) is 34.9 Å². The van der Waals surface area contributed by atoms with Crippen LogP contribution < -0.4 is 15.4 Å². The number of rotatable bonds is 7. The molecule has 0 aliphatic heterocycles. The van der Waals surface area contributed by atoms with Crippen molar-refractivity contribution in [3.8, 4) is 0 Å². The van der Waals surface area contributed by atoms with E-state index in [-0.39, 0.29) is 11.4 Å². The van der Waals surface area contributed by atoms with Crippen LogP contribution in [-0.4, -0.2) is 54.1 Å². The minimum Gasteiger partial charge on any atom is -0.355 e. The number of sulfonamides is 1. The summed E-state index contributed by atoms with van der Waals surface area (Å²) in [6.07, 6.45) is 4.71. The van der Waals surface area contributed by atoms with E-state index in [0.29, 0.717) is 19.0 Å². The molecule has 11 heteroatoms. The highest BCUT2D eigenvalue weighted by molar-refractivity contribution is 7.89. The molecule has 0 atom stereocenters. The fourth-order valence-electron chi connectivity index (χ4n) is 2.35. The van der Waals surface area contributed by atoms with Crippen LogP contribution in [0.2, 0.25) is 0 Å². The van der Waals surface area contributed by atoms with E-state index >= 15 is 0 Å². The first-order valence-corrected chi connectivity index (χ1v) is 9.71. The Morgan fingerprint density at radius 2 is 2.04 bits per heavy atom. The smallest absolute Gasteiger partial charge is 0.242 e. The predicted molar refractivity (Wildman–Crippen MR) is 101 cm³/mol. The molecule has 0 saturated carbocycles. The van der Waals surface area contributed by atoms with Crippen molar-refractivity contribution in [2.24, 2.45) is 4.99 Å². The van der Waals surface area contributed by atoms with Crippen LogP contribution in [-0.2, 0) is 16.6 Å². The molecule has 142 valence electrons. The van der Waals surface area contributed by atoms with Gasteiger partial charge in [0.2, 0.25) is 10.0 Å². The van der Waals surface area contributed by atoms with Crippen molar-refractivity contribution in [3.63, 3.8) is 0 Å². The van der Waals surface area contributed by atoms with Crippen LogP contribution >= 0.6 is 0 Å². The molecule has 27 heavy (non-hydrogen) atoms. The Morgan fingerprint density at radius 1 is 1.15 bits per heavy atom. The molecular weight excluding hydrogens is 368 g/mol. The quantitative estimate of drug-likeness (QED) is 0.290.